The lowest BCUT2D eigenvalue weighted by Crippen LogP contribution is -2.38. The summed E-state index contributed by atoms with van der Waals surface area (Å²) in [5.41, 5.74) is -0.436. The molecule has 0 radical (unpaired) electrons. The summed E-state index contributed by atoms with van der Waals surface area (Å²) in [6, 6.07) is 8.29. The third-order valence-corrected chi connectivity index (χ3v) is 6.85. The Morgan fingerprint density at radius 2 is 1.91 bits per heavy atom. The van der Waals surface area contributed by atoms with Gasteiger partial charge < -0.3 is 24.2 Å². The van der Waals surface area contributed by atoms with Crippen LogP contribution in [0.3, 0.4) is 0 Å². The number of hydrogen-bond acceptors (Lipinski definition) is 10. The van der Waals surface area contributed by atoms with Crippen LogP contribution >= 0.6 is 20.0 Å². The Morgan fingerprint density at radius 3 is 2.54 bits per heavy atom. The first-order valence-electron chi connectivity index (χ1n) is 10.8. The van der Waals surface area contributed by atoms with Crippen molar-refractivity contribution in [1.29, 1.82) is 0 Å². The van der Waals surface area contributed by atoms with Crippen LogP contribution in [0.1, 0.15) is 27.0 Å². The van der Waals surface area contributed by atoms with E-state index in [0.717, 1.165) is 0 Å². The molecular formula is C21H28N3O9PS. The number of rotatable bonds is 10. The van der Waals surface area contributed by atoms with Crippen LogP contribution in [0.15, 0.2) is 47.4 Å². The third-order valence-electron chi connectivity index (χ3n) is 4.90. The molecule has 14 heteroatoms. The van der Waals surface area contributed by atoms with Crippen molar-refractivity contribution in [2.24, 2.45) is 0 Å². The van der Waals surface area contributed by atoms with Gasteiger partial charge in [0.2, 0.25) is 0 Å². The molecule has 192 valence electrons. The van der Waals surface area contributed by atoms with E-state index in [0.29, 0.717) is 0 Å². The van der Waals surface area contributed by atoms with Crippen LogP contribution in [0.5, 0.6) is 5.75 Å². The Kier molecular flexibility index (Phi) is 9.00. The minimum atomic E-state index is -4.20. The van der Waals surface area contributed by atoms with Crippen LogP contribution in [0.4, 0.5) is 0 Å². The molecule has 3 rings (SSSR count). The van der Waals surface area contributed by atoms with Crippen molar-refractivity contribution >= 4 is 25.9 Å². The summed E-state index contributed by atoms with van der Waals surface area (Å²) in [6.07, 6.45) is -4.22. The monoisotopic (exact) mass is 529 g/mol. The van der Waals surface area contributed by atoms with E-state index in [-0.39, 0.29) is 16.6 Å². The minimum absolute atomic E-state index is 0.0208. The topological polar surface area (TPSA) is 161 Å². The molecule has 0 aliphatic carbocycles. The molecule has 4 N–H and O–H groups in total. The van der Waals surface area contributed by atoms with E-state index in [1.807, 2.05) is 0 Å². The smallest absolute Gasteiger partial charge is 0.459 e. The highest BCUT2D eigenvalue weighted by molar-refractivity contribution is 7.71. The molecule has 1 fully saturated rings. The van der Waals surface area contributed by atoms with E-state index in [4.69, 9.17) is 30.7 Å². The van der Waals surface area contributed by atoms with Gasteiger partial charge in [0.15, 0.2) is 11.0 Å². The predicted octanol–water partition coefficient (Wildman–Crippen LogP) is 1.66. The maximum absolute atomic E-state index is 13.5. The zero-order chi connectivity index (χ0) is 25.8. The molecule has 1 aromatic heterocycles. The van der Waals surface area contributed by atoms with Gasteiger partial charge in [-0.1, -0.05) is 18.2 Å². The molecule has 0 bridgehead atoms. The van der Waals surface area contributed by atoms with Crippen molar-refractivity contribution in [2.45, 2.75) is 57.5 Å². The maximum atomic E-state index is 13.5. The van der Waals surface area contributed by atoms with Gasteiger partial charge in [-0.3, -0.25) is 23.7 Å². The van der Waals surface area contributed by atoms with Crippen LogP contribution in [-0.4, -0.2) is 62.8 Å². The van der Waals surface area contributed by atoms with Gasteiger partial charge in [0.25, 0.3) is 5.56 Å². The number of nitrogens with zero attached hydrogens (tertiary/aromatic N) is 1. The molecule has 1 aliphatic rings. The van der Waals surface area contributed by atoms with Gasteiger partial charge in [0, 0.05) is 12.3 Å². The Balaban J connectivity index is 1.75. The quantitative estimate of drug-likeness (QED) is 0.201. The molecule has 0 amide bonds. The van der Waals surface area contributed by atoms with Crippen molar-refractivity contribution in [2.75, 3.05) is 6.61 Å². The number of aliphatic hydroxyl groups excluding tert-OH is 2. The number of carbonyl (C=O) groups is 1. The summed E-state index contributed by atoms with van der Waals surface area (Å²) in [7, 11) is -4.20. The molecule has 1 saturated heterocycles. The van der Waals surface area contributed by atoms with Gasteiger partial charge in [-0.05, 0) is 45.1 Å². The van der Waals surface area contributed by atoms with Gasteiger partial charge in [0.1, 0.15) is 30.1 Å². The van der Waals surface area contributed by atoms with Gasteiger partial charge >= 0.3 is 13.7 Å². The molecule has 6 atom stereocenters. The number of aromatic amines is 1. The molecule has 2 heterocycles. The van der Waals surface area contributed by atoms with Gasteiger partial charge in [0.05, 0.1) is 12.7 Å². The Hall–Kier alpha value is -2.38. The lowest BCUT2D eigenvalue weighted by Gasteiger charge is -2.25. The van der Waals surface area contributed by atoms with Crippen LogP contribution < -0.4 is 15.2 Å². The zero-order valence-electron chi connectivity index (χ0n) is 19.3. The maximum Gasteiger partial charge on any atom is 0.459 e. The molecule has 0 spiro atoms. The fraction of sp³-hybridized carbons (Fsp3) is 0.476. The van der Waals surface area contributed by atoms with Crippen molar-refractivity contribution in [3.05, 3.63) is 57.7 Å². The van der Waals surface area contributed by atoms with E-state index in [1.165, 1.54) is 23.8 Å². The van der Waals surface area contributed by atoms with Crippen LogP contribution in [0, 0.1) is 4.77 Å². The first-order chi connectivity index (χ1) is 16.5. The average Bonchev–Trinajstić information content (AvgIpc) is 3.06. The summed E-state index contributed by atoms with van der Waals surface area (Å²) in [5, 5.41) is 23.5. The summed E-state index contributed by atoms with van der Waals surface area (Å²) < 4.78 is 36.7. The lowest BCUT2D eigenvalue weighted by molar-refractivity contribution is -0.149. The largest absolute Gasteiger partial charge is 0.462 e. The second-order valence-corrected chi connectivity index (χ2v) is 10.2. The fourth-order valence-corrected chi connectivity index (χ4v) is 5.00. The number of hydrogen-bond donors (Lipinski definition) is 4. The number of aromatic nitrogens is 2. The number of esters is 1. The van der Waals surface area contributed by atoms with E-state index in [9.17, 15) is 24.4 Å². The Morgan fingerprint density at radius 1 is 1.23 bits per heavy atom. The van der Waals surface area contributed by atoms with Gasteiger partial charge in [-0.2, -0.15) is 5.09 Å². The highest BCUT2D eigenvalue weighted by Gasteiger charge is 2.45. The van der Waals surface area contributed by atoms with Crippen molar-refractivity contribution in [3.63, 3.8) is 0 Å². The van der Waals surface area contributed by atoms with Crippen LogP contribution in [0.25, 0.3) is 0 Å². The molecule has 1 aliphatic heterocycles. The summed E-state index contributed by atoms with van der Waals surface area (Å²) in [6.45, 7) is 4.31. The van der Waals surface area contributed by atoms with Crippen molar-refractivity contribution in [3.8, 4) is 5.75 Å². The molecule has 12 nitrogen and oxygen atoms in total. The molecule has 6 unspecified atom stereocenters. The molecule has 2 aromatic rings. The number of para-hydroxylation sites is 1. The fourth-order valence-electron chi connectivity index (χ4n) is 3.23. The second kappa shape index (κ2) is 11.6. The van der Waals surface area contributed by atoms with Crippen molar-refractivity contribution in [1.82, 2.24) is 14.6 Å². The van der Waals surface area contributed by atoms with Crippen LogP contribution in [-0.2, 0) is 23.4 Å². The molecule has 35 heavy (non-hydrogen) atoms. The lowest BCUT2D eigenvalue weighted by atomic mass is 10.1. The zero-order valence-corrected chi connectivity index (χ0v) is 21.0. The highest BCUT2D eigenvalue weighted by Crippen LogP contribution is 2.46. The summed E-state index contributed by atoms with van der Waals surface area (Å²) in [5.74, 6) is -0.460. The van der Waals surface area contributed by atoms with E-state index in [1.54, 1.807) is 44.2 Å². The number of ether oxygens (including phenoxy) is 2. The van der Waals surface area contributed by atoms with E-state index >= 15 is 0 Å². The molecule has 1 aromatic carbocycles. The number of nitrogens with one attached hydrogen (secondary N) is 2. The highest BCUT2D eigenvalue weighted by atomic mass is 32.1. The molecule has 0 saturated carbocycles. The minimum Gasteiger partial charge on any atom is -0.462 e. The first kappa shape index (κ1) is 27.2. The van der Waals surface area contributed by atoms with Gasteiger partial charge in [-0.15, -0.1) is 0 Å². The van der Waals surface area contributed by atoms with E-state index < -0.39 is 56.5 Å². The number of carbonyl (C=O) groups excluding carboxylic acids is 1. The Bertz CT molecular complexity index is 1170. The van der Waals surface area contributed by atoms with Crippen LogP contribution in [0.2, 0.25) is 0 Å². The third kappa shape index (κ3) is 7.07. The second-order valence-electron chi connectivity index (χ2n) is 8.10. The summed E-state index contributed by atoms with van der Waals surface area (Å²) in [4.78, 5) is 26.1. The van der Waals surface area contributed by atoms with E-state index in [2.05, 4.69) is 10.1 Å². The SMILES string of the molecule is CC(C)OC(=O)C(C)NP(=O)(OCC1OC(n2ccc(=O)[nH]c2=S)C(O)C1O)Oc1ccccc1. The Labute approximate surface area is 206 Å². The standard InChI is InChI=1S/C21H28N3O9PS/c1-12(2)31-20(28)13(3)23-34(29,33-14-7-5-4-6-8-14)30-11-15-17(26)18(27)19(32-15)24-10-9-16(25)22-21(24)35/h4-10,12-13,15,17-19,26-27H,11H2,1-3H3,(H,23,29)(H,22,25,35). The first-order valence-corrected chi connectivity index (χ1v) is 12.7. The average molecular weight is 530 g/mol. The predicted molar refractivity (Wildman–Crippen MR) is 126 cm³/mol. The van der Waals surface area contributed by atoms with Crippen molar-refractivity contribution < 1.29 is 38.1 Å². The normalized spacial score (nSPS) is 24.6. The number of aliphatic hydroxyl groups is 2. The number of benzene rings is 1. The van der Waals surface area contributed by atoms with Gasteiger partial charge in [-0.25, -0.2) is 4.57 Å². The molecular weight excluding hydrogens is 501 g/mol. The summed E-state index contributed by atoms with van der Waals surface area (Å²) >= 11 is 5.09. The number of H-pyrrole nitrogens is 1.